The third-order valence-corrected chi connectivity index (χ3v) is 5.01. The molecular weight excluding hydrogens is 318 g/mol. The number of hydrogen-bond donors (Lipinski definition) is 1. The van der Waals surface area contributed by atoms with Gasteiger partial charge in [-0.1, -0.05) is 77.8 Å². The van der Waals surface area contributed by atoms with Crippen LogP contribution in [-0.4, -0.2) is 16.7 Å². The van der Waals surface area contributed by atoms with E-state index in [2.05, 4.69) is 65.0 Å². The number of hydrogen-bond acceptors (Lipinski definition) is 2. The second-order valence-corrected chi connectivity index (χ2v) is 7.82. The summed E-state index contributed by atoms with van der Waals surface area (Å²) < 4.78 is 0. The van der Waals surface area contributed by atoms with E-state index in [1.54, 1.807) is 0 Å². The minimum absolute atomic E-state index is 0.163. The first-order valence-corrected chi connectivity index (χ1v) is 10.2. The lowest BCUT2D eigenvalue weighted by molar-refractivity contribution is 0.299. The van der Waals surface area contributed by atoms with Crippen LogP contribution in [-0.2, 0) is 12.8 Å². The van der Waals surface area contributed by atoms with Crippen molar-refractivity contribution >= 4 is 0 Å². The van der Waals surface area contributed by atoms with Gasteiger partial charge in [0, 0.05) is 18.0 Å². The second kappa shape index (κ2) is 9.87. The van der Waals surface area contributed by atoms with Crippen LogP contribution in [0.4, 0.5) is 0 Å². The molecule has 0 fully saturated rings. The molecule has 1 aromatic carbocycles. The van der Waals surface area contributed by atoms with Crippen molar-refractivity contribution in [1.29, 1.82) is 0 Å². The van der Waals surface area contributed by atoms with E-state index in [1.807, 2.05) is 0 Å². The fraction of sp³-hybridized carbons (Fsp3) is 0.542. The quantitative estimate of drug-likeness (QED) is 0.539. The number of pyridine rings is 1. The van der Waals surface area contributed by atoms with Crippen LogP contribution in [0.1, 0.15) is 88.2 Å². The Morgan fingerprint density at radius 3 is 1.92 bits per heavy atom. The molecule has 0 aliphatic rings. The summed E-state index contributed by atoms with van der Waals surface area (Å²) in [5.41, 5.74) is 7.62. The van der Waals surface area contributed by atoms with Gasteiger partial charge < -0.3 is 5.11 Å². The Kier molecular flexibility index (Phi) is 7.84. The summed E-state index contributed by atoms with van der Waals surface area (Å²) >= 11 is 0. The number of unbranched alkanes of at least 4 members (excludes halogenated alkanes) is 2. The minimum Gasteiger partial charge on any atom is -0.396 e. The van der Waals surface area contributed by atoms with E-state index in [9.17, 15) is 5.11 Å². The third kappa shape index (κ3) is 4.73. The molecular formula is C24H35NO. The highest BCUT2D eigenvalue weighted by atomic mass is 16.2. The normalized spacial score (nSPS) is 11.5. The lowest BCUT2D eigenvalue weighted by atomic mass is 9.84. The SMILES string of the molecule is CCCCCc1c(C(C)C)nc(C(C)C)c(CCO)c1-c1ccccc1. The summed E-state index contributed by atoms with van der Waals surface area (Å²) in [6.07, 6.45) is 5.39. The van der Waals surface area contributed by atoms with Gasteiger partial charge in [-0.3, -0.25) is 4.98 Å². The molecule has 1 N–H and O–H groups in total. The molecule has 2 nitrogen and oxygen atoms in total. The molecule has 1 heterocycles. The molecule has 142 valence electrons. The molecule has 0 aliphatic carbocycles. The van der Waals surface area contributed by atoms with Crippen molar-refractivity contribution in [2.45, 2.75) is 78.6 Å². The lowest BCUT2D eigenvalue weighted by Crippen LogP contribution is -2.13. The Balaban J connectivity index is 2.78. The molecule has 0 saturated heterocycles. The zero-order valence-electron chi connectivity index (χ0n) is 17.2. The van der Waals surface area contributed by atoms with E-state index < -0.39 is 0 Å². The first-order chi connectivity index (χ1) is 12.5. The van der Waals surface area contributed by atoms with Crippen LogP contribution in [0.2, 0.25) is 0 Å². The van der Waals surface area contributed by atoms with Crippen molar-refractivity contribution < 1.29 is 5.11 Å². The molecule has 0 atom stereocenters. The van der Waals surface area contributed by atoms with Crippen molar-refractivity contribution in [2.24, 2.45) is 0 Å². The summed E-state index contributed by atoms with van der Waals surface area (Å²) in [6.45, 7) is 11.3. The van der Waals surface area contributed by atoms with Crippen LogP contribution in [0.25, 0.3) is 11.1 Å². The highest BCUT2D eigenvalue weighted by molar-refractivity contribution is 5.73. The Hall–Kier alpha value is -1.67. The highest BCUT2D eigenvalue weighted by Crippen LogP contribution is 2.37. The average molecular weight is 354 g/mol. The van der Waals surface area contributed by atoms with E-state index in [1.165, 1.54) is 47.2 Å². The molecule has 0 aliphatic heterocycles. The van der Waals surface area contributed by atoms with Crippen molar-refractivity contribution in [3.05, 3.63) is 52.8 Å². The van der Waals surface area contributed by atoms with Crippen molar-refractivity contribution in [1.82, 2.24) is 4.98 Å². The van der Waals surface area contributed by atoms with Gasteiger partial charge in [0.05, 0.1) is 0 Å². The predicted octanol–water partition coefficient (Wildman–Crippen LogP) is 6.26. The summed E-state index contributed by atoms with van der Waals surface area (Å²) in [7, 11) is 0. The number of nitrogens with zero attached hydrogens (tertiary/aromatic N) is 1. The van der Waals surface area contributed by atoms with Crippen LogP contribution < -0.4 is 0 Å². The summed E-state index contributed by atoms with van der Waals surface area (Å²) in [5.74, 6) is 0.746. The number of rotatable bonds is 9. The van der Waals surface area contributed by atoms with Crippen LogP contribution >= 0.6 is 0 Å². The fourth-order valence-electron chi connectivity index (χ4n) is 3.78. The molecule has 0 amide bonds. The number of aliphatic hydroxyl groups excluding tert-OH is 1. The van der Waals surface area contributed by atoms with Crippen molar-refractivity contribution in [3.63, 3.8) is 0 Å². The second-order valence-electron chi connectivity index (χ2n) is 7.82. The number of benzene rings is 1. The standard InChI is InChI=1S/C24H35NO/c1-6-7-9-14-20-22(19-12-10-8-11-13-19)21(15-16-26)24(18(4)5)25-23(20)17(2)3/h8,10-13,17-18,26H,6-7,9,14-16H2,1-5H3. The smallest absolute Gasteiger partial charge is 0.0472 e. The Morgan fingerprint density at radius 2 is 1.42 bits per heavy atom. The van der Waals surface area contributed by atoms with E-state index in [0.717, 1.165) is 12.1 Å². The monoisotopic (exact) mass is 353 g/mol. The minimum atomic E-state index is 0.163. The van der Waals surface area contributed by atoms with Gasteiger partial charge in [-0.05, 0) is 53.4 Å². The van der Waals surface area contributed by atoms with Crippen LogP contribution in [0.15, 0.2) is 30.3 Å². The van der Waals surface area contributed by atoms with E-state index in [4.69, 9.17) is 4.98 Å². The maximum absolute atomic E-state index is 9.75. The lowest BCUT2D eigenvalue weighted by Gasteiger charge is -2.25. The molecule has 0 spiro atoms. The third-order valence-electron chi connectivity index (χ3n) is 5.01. The van der Waals surface area contributed by atoms with Gasteiger partial charge in [-0.15, -0.1) is 0 Å². The Bertz CT molecular complexity index is 689. The van der Waals surface area contributed by atoms with Gasteiger partial charge in [0.2, 0.25) is 0 Å². The van der Waals surface area contributed by atoms with Gasteiger partial charge >= 0.3 is 0 Å². The molecule has 2 aromatic rings. The van der Waals surface area contributed by atoms with E-state index in [0.29, 0.717) is 18.3 Å². The maximum Gasteiger partial charge on any atom is 0.0472 e. The van der Waals surface area contributed by atoms with Gasteiger partial charge in [0.15, 0.2) is 0 Å². The predicted molar refractivity (Wildman–Crippen MR) is 112 cm³/mol. The van der Waals surface area contributed by atoms with Crippen molar-refractivity contribution in [2.75, 3.05) is 6.61 Å². The number of aliphatic hydroxyl groups is 1. The zero-order chi connectivity index (χ0) is 19.1. The maximum atomic E-state index is 9.75. The molecule has 1 aromatic heterocycles. The van der Waals surface area contributed by atoms with Gasteiger partial charge in [0.1, 0.15) is 0 Å². The molecule has 26 heavy (non-hydrogen) atoms. The van der Waals surface area contributed by atoms with Gasteiger partial charge in [-0.2, -0.15) is 0 Å². The molecule has 0 unspecified atom stereocenters. The van der Waals surface area contributed by atoms with Crippen molar-refractivity contribution in [3.8, 4) is 11.1 Å². The molecule has 2 rings (SSSR count). The van der Waals surface area contributed by atoms with Gasteiger partial charge in [-0.25, -0.2) is 0 Å². The first-order valence-electron chi connectivity index (χ1n) is 10.2. The number of aromatic nitrogens is 1. The molecule has 0 bridgehead atoms. The Labute approximate surface area is 159 Å². The van der Waals surface area contributed by atoms with E-state index >= 15 is 0 Å². The summed E-state index contributed by atoms with van der Waals surface area (Å²) in [5, 5.41) is 9.75. The molecule has 0 saturated carbocycles. The summed E-state index contributed by atoms with van der Waals surface area (Å²) in [6, 6.07) is 10.7. The fourth-order valence-corrected chi connectivity index (χ4v) is 3.78. The van der Waals surface area contributed by atoms with E-state index in [-0.39, 0.29) is 6.61 Å². The molecule has 2 heteroatoms. The average Bonchev–Trinajstić information content (AvgIpc) is 2.62. The Morgan fingerprint density at radius 1 is 0.846 bits per heavy atom. The molecule has 0 radical (unpaired) electrons. The summed E-state index contributed by atoms with van der Waals surface area (Å²) in [4.78, 5) is 5.14. The van der Waals surface area contributed by atoms with Crippen LogP contribution in [0.3, 0.4) is 0 Å². The largest absolute Gasteiger partial charge is 0.396 e. The topological polar surface area (TPSA) is 33.1 Å². The van der Waals surface area contributed by atoms with Crippen LogP contribution in [0.5, 0.6) is 0 Å². The first kappa shape index (κ1) is 20.6. The zero-order valence-corrected chi connectivity index (χ0v) is 17.2. The van der Waals surface area contributed by atoms with Crippen LogP contribution in [0, 0.1) is 0 Å². The highest BCUT2D eigenvalue weighted by Gasteiger charge is 2.23. The van der Waals surface area contributed by atoms with Gasteiger partial charge in [0.25, 0.3) is 0 Å².